The van der Waals surface area contributed by atoms with E-state index in [9.17, 15) is 27.2 Å². The van der Waals surface area contributed by atoms with E-state index in [4.69, 9.17) is 0 Å². The number of carbonyl (C=O) groups excluding carboxylic acids is 2. The van der Waals surface area contributed by atoms with Crippen LogP contribution in [0.25, 0.3) is 0 Å². The van der Waals surface area contributed by atoms with Gasteiger partial charge in [0.25, 0.3) is 0 Å². The molecule has 1 fully saturated rings. The van der Waals surface area contributed by atoms with Crippen molar-refractivity contribution in [3.05, 3.63) is 59.9 Å². The summed E-state index contributed by atoms with van der Waals surface area (Å²) in [4.78, 5) is 27.1. The third-order valence-corrected chi connectivity index (χ3v) is 4.07. The summed E-state index contributed by atoms with van der Waals surface area (Å²) in [5, 5.41) is 2.21. The maximum absolute atomic E-state index is 13.0. The molecular weight excluding hydrogens is 366 g/mol. The van der Waals surface area contributed by atoms with Crippen molar-refractivity contribution in [2.45, 2.75) is 6.18 Å². The monoisotopic (exact) mass is 381 g/mol. The fourth-order valence-electron chi connectivity index (χ4n) is 2.79. The topological polar surface area (TPSA) is 52.7 Å². The van der Waals surface area contributed by atoms with Crippen molar-refractivity contribution < 1.29 is 27.2 Å². The zero-order valence-corrected chi connectivity index (χ0v) is 14.0. The Kier molecular flexibility index (Phi) is 5.02. The molecule has 1 heterocycles. The maximum atomic E-state index is 13.0. The number of amides is 3. The van der Waals surface area contributed by atoms with Crippen LogP contribution in [0.15, 0.2) is 48.5 Å². The van der Waals surface area contributed by atoms with Gasteiger partial charge in [-0.15, -0.1) is 0 Å². The van der Waals surface area contributed by atoms with Crippen molar-refractivity contribution in [1.82, 2.24) is 4.90 Å². The summed E-state index contributed by atoms with van der Waals surface area (Å²) in [7, 11) is 0. The van der Waals surface area contributed by atoms with Gasteiger partial charge < -0.3 is 10.2 Å². The summed E-state index contributed by atoms with van der Waals surface area (Å²) in [6, 6.07) is 9.46. The van der Waals surface area contributed by atoms with E-state index in [-0.39, 0.29) is 25.3 Å². The first-order valence-electron chi connectivity index (χ1n) is 8.04. The van der Waals surface area contributed by atoms with Gasteiger partial charge in [0.1, 0.15) is 12.4 Å². The van der Waals surface area contributed by atoms with Crippen molar-refractivity contribution in [3.63, 3.8) is 0 Å². The summed E-state index contributed by atoms with van der Waals surface area (Å²) < 4.78 is 51.9. The maximum Gasteiger partial charge on any atom is 0.418 e. The molecule has 0 aromatic heterocycles. The Labute approximate surface area is 152 Å². The molecule has 0 saturated carbocycles. The second-order valence-electron chi connectivity index (χ2n) is 5.92. The number of nitrogens with zero attached hydrogens (tertiary/aromatic N) is 2. The molecule has 1 aliphatic heterocycles. The lowest BCUT2D eigenvalue weighted by Crippen LogP contribution is -2.37. The number of benzene rings is 2. The molecule has 27 heavy (non-hydrogen) atoms. The minimum absolute atomic E-state index is 0.227. The van der Waals surface area contributed by atoms with E-state index in [1.807, 2.05) is 0 Å². The van der Waals surface area contributed by atoms with Crippen LogP contribution in [-0.2, 0) is 11.0 Å². The van der Waals surface area contributed by atoms with Crippen LogP contribution >= 0.6 is 0 Å². The SMILES string of the molecule is O=C(CN1CCN(c2ccc(F)cc2)C1=O)Nc1ccccc1C(F)(F)F. The molecular formula is C18H15F4N3O2. The molecule has 2 aromatic carbocycles. The number of nitrogens with one attached hydrogen (secondary N) is 1. The second-order valence-corrected chi connectivity index (χ2v) is 5.92. The van der Waals surface area contributed by atoms with Gasteiger partial charge in [-0.1, -0.05) is 12.1 Å². The lowest BCUT2D eigenvalue weighted by atomic mass is 10.1. The van der Waals surface area contributed by atoms with Crippen LogP contribution in [0.4, 0.5) is 33.7 Å². The highest BCUT2D eigenvalue weighted by atomic mass is 19.4. The second kappa shape index (κ2) is 7.26. The molecule has 2 aromatic rings. The summed E-state index contributed by atoms with van der Waals surface area (Å²) in [6.45, 7) is 0.129. The van der Waals surface area contributed by atoms with Crippen molar-refractivity contribution >= 4 is 23.3 Å². The fourth-order valence-corrected chi connectivity index (χ4v) is 2.79. The van der Waals surface area contributed by atoms with Crippen molar-refractivity contribution in [1.29, 1.82) is 0 Å². The smallest absolute Gasteiger partial charge is 0.324 e. The van der Waals surface area contributed by atoms with Crippen LogP contribution in [0.5, 0.6) is 0 Å². The normalized spacial score (nSPS) is 14.6. The van der Waals surface area contributed by atoms with Crippen LogP contribution in [0.2, 0.25) is 0 Å². The lowest BCUT2D eigenvalue weighted by Gasteiger charge is -2.19. The number of carbonyl (C=O) groups is 2. The molecule has 1 N–H and O–H groups in total. The summed E-state index contributed by atoms with van der Waals surface area (Å²) >= 11 is 0. The van der Waals surface area contributed by atoms with Gasteiger partial charge in [-0.05, 0) is 36.4 Å². The molecule has 1 saturated heterocycles. The van der Waals surface area contributed by atoms with E-state index in [0.717, 1.165) is 12.1 Å². The highest BCUT2D eigenvalue weighted by Gasteiger charge is 2.34. The van der Waals surface area contributed by atoms with E-state index in [0.29, 0.717) is 5.69 Å². The van der Waals surface area contributed by atoms with Crippen LogP contribution in [-0.4, -0.2) is 36.5 Å². The first-order valence-corrected chi connectivity index (χ1v) is 8.04. The Bertz CT molecular complexity index is 852. The average Bonchev–Trinajstić information content (AvgIpc) is 2.96. The molecule has 0 bridgehead atoms. The molecule has 0 spiro atoms. The van der Waals surface area contributed by atoms with Gasteiger partial charge in [-0.2, -0.15) is 13.2 Å². The summed E-state index contributed by atoms with van der Waals surface area (Å²) in [6.07, 6.45) is -4.60. The van der Waals surface area contributed by atoms with E-state index in [2.05, 4.69) is 5.32 Å². The molecule has 0 aliphatic carbocycles. The van der Waals surface area contributed by atoms with E-state index < -0.39 is 29.5 Å². The quantitative estimate of drug-likeness (QED) is 0.821. The molecule has 0 atom stereocenters. The number of halogens is 4. The number of rotatable bonds is 4. The van der Waals surface area contributed by atoms with Crippen LogP contribution in [0, 0.1) is 5.82 Å². The van der Waals surface area contributed by atoms with Gasteiger partial charge in [0.05, 0.1) is 11.3 Å². The Morgan fingerprint density at radius 1 is 1.04 bits per heavy atom. The Balaban J connectivity index is 1.66. The van der Waals surface area contributed by atoms with Gasteiger partial charge in [0.2, 0.25) is 5.91 Å². The van der Waals surface area contributed by atoms with Gasteiger partial charge in [-0.25, -0.2) is 9.18 Å². The largest absolute Gasteiger partial charge is 0.418 e. The van der Waals surface area contributed by atoms with Crippen molar-refractivity contribution in [2.24, 2.45) is 0 Å². The van der Waals surface area contributed by atoms with Gasteiger partial charge in [0, 0.05) is 18.8 Å². The fraction of sp³-hybridized carbons (Fsp3) is 0.222. The predicted molar refractivity (Wildman–Crippen MR) is 90.8 cm³/mol. The van der Waals surface area contributed by atoms with E-state index in [1.54, 1.807) is 0 Å². The van der Waals surface area contributed by atoms with E-state index in [1.165, 1.54) is 46.2 Å². The lowest BCUT2D eigenvalue weighted by molar-refractivity contribution is -0.137. The van der Waals surface area contributed by atoms with Gasteiger partial charge >= 0.3 is 12.2 Å². The third-order valence-electron chi connectivity index (χ3n) is 4.07. The Hall–Kier alpha value is -3.10. The predicted octanol–water partition coefficient (Wildman–Crippen LogP) is 3.73. The standard InChI is InChI=1S/C18H15F4N3O2/c19-12-5-7-13(8-6-12)25-10-9-24(17(25)27)11-16(26)23-15-4-2-1-3-14(15)18(20,21)22/h1-8H,9-11H2,(H,23,26). The van der Waals surface area contributed by atoms with Crippen molar-refractivity contribution in [3.8, 4) is 0 Å². The first kappa shape index (κ1) is 18.7. The van der Waals surface area contributed by atoms with Crippen LogP contribution < -0.4 is 10.2 Å². The summed E-state index contributed by atoms with van der Waals surface area (Å²) in [5.74, 6) is -1.18. The van der Waals surface area contributed by atoms with Crippen LogP contribution in [0.1, 0.15) is 5.56 Å². The first-order chi connectivity index (χ1) is 12.8. The highest BCUT2D eigenvalue weighted by Crippen LogP contribution is 2.34. The van der Waals surface area contributed by atoms with Crippen molar-refractivity contribution in [2.75, 3.05) is 29.9 Å². The number of hydrogen-bond donors (Lipinski definition) is 1. The molecule has 1 aliphatic rings. The number of para-hydroxylation sites is 1. The van der Waals surface area contributed by atoms with Gasteiger partial charge in [-0.3, -0.25) is 9.69 Å². The Morgan fingerprint density at radius 2 is 1.70 bits per heavy atom. The zero-order chi connectivity index (χ0) is 19.6. The minimum atomic E-state index is -4.60. The van der Waals surface area contributed by atoms with Crippen LogP contribution in [0.3, 0.4) is 0 Å². The molecule has 3 amide bonds. The third kappa shape index (κ3) is 4.18. The average molecular weight is 381 g/mol. The molecule has 0 radical (unpaired) electrons. The number of hydrogen-bond acceptors (Lipinski definition) is 2. The van der Waals surface area contributed by atoms with Gasteiger partial charge in [0.15, 0.2) is 0 Å². The highest BCUT2D eigenvalue weighted by molar-refractivity contribution is 5.99. The Morgan fingerprint density at radius 3 is 2.37 bits per heavy atom. The number of anilines is 2. The summed E-state index contributed by atoms with van der Waals surface area (Å²) in [5.41, 5.74) is -0.845. The molecule has 0 unspecified atom stereocenters. The number of urea groups is 1. The molecule has 3 rings (SSSR count). The minimum Gasteiger partial charge on any atom is -0.324 e. The zero-order valence-electron chi connectivity index (χ0n) is 14.0. The van der Waals surface area contributed by atoms with E-state index >= 15 is 0 Å². The molecule has 9 heteroatoms. The molecule has 142 valence electrons. The molecule has 5 nitrogen and oxygen atoms in total. The number of alkyl halides is 3.